The minimum atomic E-state index is -1.31. The van der Waals surface area contributed by atoms with Crippen LogP contribution in [-0.2, 0) is 4.79 Å². The summed E-state index contributed by atoms with van der Waals surface area (Å²) in [6, 6.07) is 8.37. The van der Waals surface area contributed by atoms with Crippen LogP contribution in [0.4, 0.5) is 14.5 Å². The zero-order chi connectivity index (χ0) is 14.7. The molecular weight excluding hydrogens is 286 g/mol. The highest BCUT2D eigenvalue weighted by Crippen LogP contribution is 2.25. The smallest absolute Gasteiger partial charge is 0.244 e. The molecule has 2 aromatic carbocycles. The van der Waals surface area contributed by atoms with Gasteiger partial charge in [-0.1, -0.05) is 17.7 Å². The fraction of sp³-hybridized carbons (Fsp3) is 0.0714. The van der Waals surface area contributed by atoms with Gasteiger partial charge in [-0.25, -0.2) is 8.78 Å². The summed E-state index contributed by atoms with van der Waals surface area (Å²) >= 11 is 5.74. The van der Waals surface area contributed by atoms with Gasteiger partial charge in [-0.3, -0.25) is 4.79 Å². The highest BCUT2D eigenvalue weighted by molar-refractivity contribution is 6.30. The third kappa shape index (κ3) is 3.05. The van der Waals surface area contributed by atoms with Crippen LogP contribution in [0.3, 0.4) is 0 Å². The third-order valence-electron chi connectivity index (χ3n) is 2.73. The summed E-state index contributed by atoms with van der Waals surface area (Å²) in [6.07, 6.45) is 0. The quantitative estimate of drug-likeness (QED) is 0.910. The Labute approximate surface area is 119 Å². The average molecular weight is 297 g/mol. The average Bonchev–Trinajstić information content (AvgIpc) is 2.39. The molecule has 0 spiro atoms. The first-order valence-corrected chi connectivity index (χ1v) is 6.12. The number of nitrogens with one attached hydrogen (secondary N) is 1. The highest BCUT2D eigenvalue weighted by Gasteiger charge is 2.24. The van der Waals surface area contributed by atoms with E-state index < -0.39 is 29.1 Å². The van der Waals surface area contributed by atoms with Crippen molar-refractivity contribution in [2.45, 2.75) is 6.04 Å². The van der Waals surface area contributed by atoms with Crippen molar-refractivity contribution in [2.24, 2.45) is 5.73 Å². The van der Waals surface area contributed by atoms with E-state index in [1.54, 1.807) is 24.3 Å². The molecule has 0 saturated heterocycles. The summed E-state index contributed by atoms with van der Waals surface area (Å²) in [6.45, 7) is 0. The number of amides is 1. The number of primary amides is 1. The SMILES string of the molecule is NC(=O)C(Nc1ccc(Cl)cc1)c1c(F)cccc1F. The van der Waals surface area contributed by atoms with Crippen molar-refractivity contribution in [2.75, 3.05) is 5.32 Å². The number of hydrogen-bond donors (Lipinski definition) is 2. The molecule has 0 saturated carbocycles. The Balaban J connectivity index is 2.37. The van der Waals surface area contributed by atoms with Crippen molar-refractivity contribution in [1.29, 1.82) is 0 Å². The van der Waals surface area contributed by atoms with E-state index in [4.69, 9.17) is 17.3 Å². The van der Waals surface area contributed by atoms with Gasteiger partial charge in [0.2, 0.25) is 5.91 Å². The van der Waals surface area contributed by atoms with Gasteiger partial charge in [-0.15, -0.1) is 0 Å². The van der Waals surface area contributed by atoms with Gasteiger partial charge >= 0.3 is 0 Å². The van der Waals surface area contributed by atoms with Gasteiger partial charge in [-0.05, 0) is 36.4 Å². The van der Waals surface area contributed by atoms with Gasteiger partial charge in [0.25, 0.3) is 0 Å². The standard InChI is InChI=1S/C14H11ClF2N2O/c15-8-4-6-9(7-5-8)19-13(14(18)20)12-10(16)2-1-3-11(12)17/h1-7,13,19H,(H2,18,20). The molecule has 0 aromatic heterocycles. The van der Waals surface area contributed by atoms with Gasteiger partial charge in [0.05, 0.1) is 5.56 Å². The third-order valence-corrected chi connectivity index (χ3v) is 2.98. The molecule has 0 aliphatic carbocycles. The van der Waals surface area contributed by atoms with Gasteiger partial charge in [0.15, 0.2) is 0 Å². The van der Waals surface area contributed by atoms with E-state index in [0.29, 0.717) is 10.7 Å². The van der Waals surface area contributed by atoms with Gasteiger partial charge in [0, 0.05) is 10.7 Å². The normalized spacial score (nSPS) is 11.9. The van der Waals surface area contributed by atoms with Gasteiger partial charge in [-0.2, -0.15) is 0 Å². The van der Waals surface area contributed by atoms with E-state index in [1.165, 1.54) is 6.07 Å². The molecule has 0 heterocycles. The zero-order valence-corrected chi connectivity index (χ0v) is 11.0. The molecule has 3 nitrogen and oxygen atoms in total. The molecule has 0 fully saturated rings. The van der Waals surface area contributed by atoms with Crippen LogP contribution in [-0.4, -0.2) is 5.91 Å². The van der Waals surface area contributed by atoms with E-state index in [2.05, 4.69) is 5.32 Å². The maximum Gasteiger partial charge on any atom is 0.244 e. The maximum absolute atomic E-state index is 13.7. The molecule has 3 N–H and O–H groups in total. The molecule has 104 valence electrons. The topological polar surface area (TPSA) is 55.1 Å². The van der Waals surface area contributed by atoms with Crippen molar-refractivity contribution >= 4 is 23.2 Å². The Morgan fingerprint density at radius 3 is 2.15 bits per heavy atom. The Kier molecular flexibility index (Phi) is 4.20. The number of hydrogen-bond acceptors (Lipinski definition) is 2. The van der Waals surface area contributed by atoms with E-state index in [1.807, 2.05) is 0 Å². The van der Waals surface area contributed by atoms with Crippen LogP contribution in [0.15, 0.2) is 42.5 Å². The van der Waals surface area contributed by atoms with Crippen LogP contribution in [0.2, 0.25) is 5.02 Å². The zero-order valence-electron chi connectivity index (χ0n) is 10.2. The fourth-order valence-corrected chi connectivity index (χ4v) is 1.91. The van der Waals surface area contributed by atoms with Crippen molar-refractivity contribution in [3.05, 3.63) is 64.7 Å². The van der Waals surface area contributed by atoms with E-state index in [0.717, 1.165) is 12.1 Å². The lowest BCUT2D eigenvalue weighted by molar-refractivity contribution is -0.119. The molecule has 0 radical (unpaired) electrons. The fourth-order valence-electron chi connectivity index (χ4n) is 1.78. The van der Waals surface area contributed by atoms with Crippen molar-refractivity contribution < 1.29 is 13.6 Å². The summed E-state index contributed by atoms with van der Waals surface area (Å²) in [7, 11) is 0. The van der Waals surface area contributed by atoms with Crippen molar-refractivity contribution in [3.63, 3.8) is 0 Å². The molecule has 0 aliphatic heterocycles. The van der Waals surface area contributed by atoms with Gasteiger partial charge < -0.3 is 11.1 Å². The second kappa shape index (κ2) is 5.88. The second-order valence-electron chi connectivity index (χ2n) is 4.12. The molecule has 0 bridgehead atoms. The molecule has 2 rings (SSSR count). The van der Waals surface area contributed by atoms with Crippen LogP contribution in [0.5, 0.6) is 0 Å². The summed E-state index contributed by atoms with van der Waals surface area (Å²) in [5, 5.41) is 3.19. The Morgan fingerprint density at radius 1 is 1.10 bits per heavy atom. The largest absolute Gasteiger partial charge is 0.370 e. The first kappa shape index (κ1) is 14.3. The number of benzene rings is 2. The first-order valence-electron chi connectivity index (χ1n) is 5.74. The summed E-state index contributed by atoms with van der Waals surface area (Å²) in [5.41, 5.74) is 5.29. The van der Waals surface area contributed by atoms with E-state index in [9.17, 15) is 13.6 Å². The number of nitrogens with two attached hydrogens (primary N) is 1. The monoisotopic (exact) mass is 296 g/mol. The Hall–Kier alpha value is -2.14. The number of halogens is 3. The predicted octanol–water partition coefficient (Wildman–Crippen LogP) is 3.26. The van der Waals surface area contributed by atoms with Crippen LogP contribution in [0.25, 0.3) is 0 Å². The molecule has 20 heavy (non-hydrogen) atoms. The minimum absolute atomic E-state index is 0.407. The molecule has 1 amide bonds. The number of rotatable bonds is 4. The highest BCUT2D eigenvalue weighted by atomic mass is 35.5. The molecule has 1 unspecified atom stereocenters. The summed E-state index contributed by atoms with van der Waals surface area (Å²) in [5.74, 6) is -2.56. The van der Waals surface area contributed by atoms with Crippen LogP contribution < -0.4 is 11.1 Å². The number of carbonyl (C=O) groups excluding carboxylic acids is 1. The summed E-state index contributed by atoms with van der Waals surface area (Å²) in [4.78, 5) is 11.5. The van der Waals surface area contributed by atoms with Crippen molar-refractivity contribution in [3.8, 4) is 0 Å². The lowest BCUT2D eigenvalue weighted by Gasteiger charge is -2.18. The lowest BCUT2D eigenvalue weighted by atomic mass is 10.0. The Bertz CT molecular complexity index is 611. The van der Waals surface area contributed by atoms with E-state index >= 15 is 0 Å². The molecular formula is C14H11ClF2N2O. The first-order chi connectivity index (χ1) is 9.49. The minimum Gasteiger partial charge on any atom is -0.370 e. The molecule has 0 aliphatic rings. The second-order valence-corrected chi connectivity index (χ2v) is 4.56. The van der Waals surface area contributed by atoms with Gasteiger partial charge in [0.1, 0.15) is 17.7 Å². The predicted molar refractivity (Wildman–Crippen MR) is 73.4 cm³/mol. The maximum atomic E-state index is 13.7. The van der Waals surface area contributed by atoms with Crippen LogP contribution >= 0.6 is 11.6 Å². The molecule has 1 atom stereocenters. The summed E-state index contributed by atoms with van der Waals surface area (Å²) < 4.78 is 27.4. The molecule has 2 aromatic rings. The lowest BCUT2D eigenvalue weighted by Crippen LogP contribution is -2.29. The van der Waals surface area contributed by atoms with Crippen LogP contribution in [0, 0.1) is 11.6 Å². The number of anilines is 1. The van der Waals surface area contributed by atoms with E-state index in [-0.39, 0.29) is 0 Å². The van der Waals surface area contributed by atoms with Crippen molar-refractivity contribution in [1.82, 2.24) is 0 Å². The Morgan fingerprint density at radius 2 is 1.65 bits per heavy atom. The number of carbonyl (C=O) groups is 1. The molecule has 6 heteroatoms. The van der Waals surface area contributed by atoms with Crippen LogP contribution in [0.1, 0.15) is 11.6 Å².